The van der Waals surface area contributed by atoms with E-state index in [1.54, 1.807) is 12.4 Å². The maximum absolute atomic E-state index is 4.24. The Morgan fingerprint density at radius 1 is 1.27 bits per heavy atom. The number of hydrogen-bond donors (Lipinski definition) is 1. The van der Waals surface area contributed by atoms with Crippen molar-refractivity contribution >= 4 is 0 Å². The highest BCUT2D eigenvalue weighted by Crippen LogP contribution is 1.97. The molecule has 2 aromatic rings. The summed E-state index contributed by atoms with van der Waals surface area (Å²) in [6.07, 6.45) is 5.56. The lowest BCUT2D eigenvalue weighted by Crippen LogP contribution is -2.17. The van der Waals surface area contributed by atoms with Gasteiger partial charge in [0.1, 0.15) is 5.82 Å². The van der Waals surface area contributed by atoms with E-state index in [0.717, 1.165) is 18.9 Å². The molecule has 0 aromatic carbocycles. The van der Waals surface area contributed by atoms with Crippen LogP contribution in [0.2, 0.25) is 0 Å². The van der Waals surface area contributed by atoms with Gasteiger partial charge in [-0.2, -0.15) is 5.10 Å². The topological polar surface area (TPSA) is 47.7 Å². The van der Waals surface area contributed by atoms with Crippen LogP contribution in [0.3, 0.4) is 0 Å². The van der Waals surface area contributed by atoms with E-state index in [9.17, 15) is 0 Å². The molecule has 0 bridgehead atoms. The van der Waals surface area contributed by atoms with Crippen LogP contribution in [0, 0.1) is 0 Å². The van der Waals surface area contributed by atoms with Gasteiger partial charge in [-0.25, -0.2) is 4.98 Å². The second-order valence-electron chi connectivity index (χ2n) is 3.50. The molecular formula is C10H15N5. The summed E-state index contributed by atoms with van der Waals surface area (Å²) in [6.45, 7) is 1.58. The van der Waals surface area contributed by atoms with Crippen LogP contribution in [0.15, 0.2) is 24.7 Å². The zero-order chi connectivity index (χ0) is 10.7. The predicted molar refractivity (Wildman–Crippen MR) is 57.0 cm³/mol. The molecule has 0 aliphatic carbocycles. The Morgan fingerprint density at radius 2 is 2.13 bits per heavy atom. The molecule has 0 atom stereocenters. The summed E-state index contributed by atoms with van der Waals surface area (Å²) in [4.78, 5) is 4.24. The van der Waals surface area contributed by atoms with E-state index in [1.807, 2.05) is 35.6 Å². The van der Waals surface area contributed by atoms with Gasteiger partial charge in [0.15, 0.2) is 0 Å². The number of nitrogens with zero attached hydrogens (tertiary/aromatic N) is 4. The van der Waals surface area contributed by atoms with E-state index in [1.165, 1.54) is 5.69 Å². The Morgan fingerprint density at radius 3 is 2.73 bits per heavy atom. The Labute approximate surface area is 88.7 Å². The summed E-state index contributed by atoms with van der Waals surface area (Å²) >= 11 is 0. The molecule has 0 amide bonds. The highest BCUT2D eigenvalue weighted by atomic mass is 15.3. The quantitative estimate of drug-likeness (QED) is 0.788. The molecule has 2 rings (SSSR count). The first-order chi connectivity index (χ1) is 7.27. The van der Waals surface area contributed by atoms with Gasteiger partial charge in [0.2, 0.25) is 0 Å². The molecule has 5 nitrogen and oxygen atoms in total. The van der Waals surface area contributed by atoms with Crippen molar-refractivity contribution in [1.29, 1.82) is 0 Å². The zero-order valence-corrected chi connectivity index (χ0v) is 9.01. The van der Waals surface area contributed by atoms with Gasteiger partial charge in [0.25, 0.3) is 0 Å². The zero-order valence-electron chi connectivity index (χ0n) is 9.01. The summed E-state index contributed by atoms with van der Waals surface area (Å²) < 4.78 is 3.88. The third-order valence-electron chi connectivity index (χ3n) is 2.43. The van der Waals surface area contributed by atoms with Gasteiger partial charge in [-0.1, -0.05) is 0 Å². The number of aromatic nitrogens is 4. The average Bonchev–Trinajstić information content (AvgIpc) is 2.78. The summed E-state index contributed by atoms with van der Waals surface area (Å²) in [5.74, 6) is 1.04. The van der Waals surface area contributed by atoms with Gasteiger partial charge in [-0.15, -0.1) is 0 Å². The highest BCUT2D eigenvalue weighted by molar-refractivity contribution is 4.99. The molecule has 80 valence electrons. The largest absolute Gasteiger partial charge is 0.337 e. The van der Waals surface area contributed by atoms with Crippen molar-refractivity contribution in [3.63, 3.8) is 0 Å². The van der Waals surface area contributed by atoms with Gasteiger partial charge >= 0.3 is 0 Å². The summed E-state index contributed by atoms with van der Waals surface area (Å²) in [5, 5.41) is 7.43. The molecule has 5 heteroatoms. The van der Waals surface area contributed by atoms with E-state index in [2.05, 4.69) is 15.4 Å². The number of imidazole rings is 1. The maximum Gasteiger partial charge on any atom is 0.122 e. The minimum atomic E-state index is 0.773. The lowest BCUT2D eigenvalue weighted by Gasteiger charge is -2.05. The molecule has 2 heterocycles. The molecule has 0 saturated carbocycles. The van der Waals surface area contributed by atoms with E-state index in [0.29, 0.717) is 0 Å². The fourth-order valence-electron chi connectivity index (χ4n) is 1.44. The summed E-state index contributed by atoms with van der Waals surface area (Å²) in [7, 11) is 3.94. The van der Waals surface area contributed by atoms with Gasteiger partial charge < -0.3 is 9.88 Å². The monoisotopic (exact) mass is 205 g/mol. The number of aryl methyl sites for hydroxylation is 2. The average molecular weight is 205 g/mol. The third-order valence-corrected chi connectivity index (χ3v) is 2.43. The second-order valence-corrected chi connectivity index (χ2v) is 3.50. The van der Waals surface area contributed by atoms with E-state index >= 15 is 0 Å². The van der Waals surface area contributed by atoms with Crippen LogP contribution in [0.25, 0.3) is 0 Å². The van der Waals surface area contributed by atoms with Crippen LogP contribution in [0.5, 0.6) is 0 Å². The first-order valence-corrected chi connectivity index (χ1v) is 4.91. The lowest BCUT2D eigenvalue weighted by molar-refractivity contribution is 0.599. The third kappa shape index (κ3) is 2.24. The van der Waals surface area contributed by atoms with Crippen molar-refractivity contribution in [2.45, 2.75) is 13.1 Å². The number of hydrogen-bond acceptors (Lipinski definition) is 3. The maximum atomic E-state index is 4.24. The molecular weight excluding hydrogens is 190 g/mol. The summed E-state index contributed by atoms with van der Waals surface area (Å²) in [5.41, 5.74) is 1.17. The lowest BCUT2D eigenvalue weighted by atomic mass is 10.4. The van der Waals surface area contributed by atoms with Gasteiger partial charge in [-0.05, 0) is 6.07 Å². The highest BCUT2D eigenvalue weighted by Gasteiger charge is 2.00. The molecule has 0 aliphatic heterocycles. The standard InChI is InChI=1S/C10H15N5/c1-14-6-5-12-10(14)8-11-7-9-3-4-13-15(9)2/h3-6,11H,7-8H2,1-2H3. The van der Waals surface area contributed by atoms with Crippen LogP contribution < -0.4 is 5.32 Å². The van der Waals surface area contributed by atoms with Crippen molar-refractivity contribution in [2.75, 3.05) is 0 Å². The molecule has 0 spiro atoms. The molecule has 0 aliphatic rings. The molecule has 1 N–H and O–H groups in total. The van der Waals surface area contributed by atoms with Crippen molar-refractivity contribution in [1.82, 2.24) is 24.6 Å². The van der Waals surface area contributed by atoms with Crippen molar-refractivity contribution in [3.05, 3.63) is 36.2 Å². The van der Waals surface area contributed by atoms with E-state index in [-0.39, 0.29) is 0 Å². The summed E-state index contributed by atoms with van der Waals surface area (Å²) in [6, 6.07) is 2.01. The van der Waals surface area contributed by atoms with Crippen LogP contribution in [0.1, 0.15) is 11.5 Å². The fourth-order valence-corrected chi connectivity index (χ4v) is 1.44. The van der Waals surface area contributed by atoms with E-state index in [4.69, 9.17) is 0 Å². The van der Waals surface area contributed by atoms with Crippen LogP contribution >= 0.6 is 0 Å². The molecule has 0 unspecified atom stereocenters. The number of rotatable bonds is 4. The van der Waals surface area contributed by atoms with Crippen LogP contribution in [-0.2, 0) is 27.2 Å². The number of nitrogens with one attached hydrogen (secondary N) is 1. The molecule has 2 aromatic heterocycles. The first kappa shape index (κ1) is 9.92. The minimum absolute atomic E-state index is 0.773. The Balaban J connectivity index is 1.86. The van der Waals surface area contributed by atoms with Crippen LogP contribution in [-0.4, -0.2) is 19.3 Å². The fraction of sp³-hybridized carbons (Fsp3) is 0.400. The van der Waals surface area contributed by atoms with Crippen molar-refractivity contribution < 1.29 is 0 Å². The minimum Gasteiger partial charge on any atom is -0.337 e. The van der Waals surface area contributed by atoms with Gasteiger partial charge in [-0.3, -0.25) is 4.68 Å². The smallest absolute Gasteiger partial charge is 0.122 e. The molecule has 0 radical (unpaired) electrons. The molecule has 15 heavy (non-hydrogen) atoms. The first-order valence-electron chi connectivity index (χ1n) is 4.91. The van der Waals surface area contributed by atoms with Crippen molar-refractivity contribution in [3.8, 4) is 0 Å². The Bertz CT molecular complexity index is 388. The van der Waals surface area contributed by atoms with Crippen molar-refractivity contribution in [2.24, 2.45) is 14.1 Å². The van der Waals surface area contributed by atoms with Gasteiger partial charge in [0.05, 0.1) is 12.2 Å². The SMILES string of the molecule is Cn1ccnc1CNCc1ccnn1C. The second kappa shape index (κ2) is 4.27. The van der Waals surface area contributed by atoms with Gasteiger partial charge in [0, 0.05) is 39.2 Å². The Hall–Kier alpha value is -1.62. The predicted octanol–water partition coefficient (Wildman–Crippen LogP) is 0.443. The van der Waals surface area contributed by atoms with E-state index < -0.39 is 0 Å². The molecule has 0 saturated heterocycles. The molecule has 0 fully saturated rings. The van der Waals surface area contributed by atoms with Crippen LogP contribution in [0.4, 0.5) is 0 Å². The Kier molecular flexibility index (Phi) is 2.82. The normalized spacial score (nSPS) is 10.8.